The summed E-state index contributed by atoms with van der Waals surface area (Å²) in [6, 6.07) is -0.908. The minimum atomic E-state index is -1.07. The fourth-order valence-electron chi connectivity index (χ4n) is 0.745. The number of carboxylic acid groups (broad SMARTS) is 1. The number of hydrogen-bond donors (Lipinski definition) is 2. The van der Waals surface area contributed by atoms with Crippen LogP contribution < -0.4 is 5.32 Å². The SMILES string of the molecule is C=COC(=O)NC(CCSC)C(=O)O. The number of alkyl carbamates (subject to hydrolysis) is 1. The molecule has 0 rings (SSSR count). The van der Waals surface area contributed by atoms with E-state index in [-0.39, 0.29) is 0 Å². The van der Waals surface area contributed by atoms with Crippen molar-refractivity contribution in [3.63, 3.8) is 0 Å². The molecular weight excluding hydrogens is 206 g/mol. The van der Waals surface area contributed by atoms with Crippen molar-refractivity contribution >= 4 is 23.8 Å². The Morgan fingerprint density at radius 1 is 1.71 bits per heavy atom. The van der Waals surface area contributed by atoms with Gasteiger partial charge in [0.1, 0.15) is 6.04 Å². The lowest BCUT2D eigenvalue weighted by Crippen LogP contribution is -2.40. The molecule has 0 aliphatic rings. The molecule has 0 spiro atoms. The number of thioether (sulfide) groups is 1. The van der Waals surface area contributed by atoms with E-state index < -0.39 is 18.1 Å². The second kappa shape index (κ2) is 7.25. The molecule has 1 atom stereocenters. The van der Waals surface area contributed by atoms with Gasteiger partial charge >= 0.3 is 12.1 Å². The molecule has 0 aromatic heterocycles. The summed E-state index contributed by atoms with van der Waals surface area (Å²) in [4.78, 5) is 21.5. The largest absolute Gasteiger partial charge is 0.480 e. The molecule has 1 unspecified atom stereocenters. The van der Waals surface area contributed by atoms with Gasteiger partial charge in [-0.25, -0.2) is 9.59 Å². The van der Waals surface area contributed by atoms with Crippen LogP contribution in [0.3, 0.4) is 0 Å². The average Bonchev–Trinajstić information content (AvgIpc) is 2.12. The van der Waals surface area contributed by atoms with Gasteiger partial charge in [0.15, 0.2) is 0 Å². The maximum atomic E-state index is 10.8. The second-order valence-corrected chi connectivity index (χ2v) is 3.37. The molecule has 1 amide bonds. The van der Waals surface area contributed by atoms with Gasteiger partial charge in [0.25, 0.3) is 0 Å². The van der Waals surface area contributed by atoms with Crippen LogP contribution in [0.1, 0.15) is 6.42 Å². The number of carbonyl (C=O) groups excluding carboxylic acids is 1. The normalized spacial score (nSPS) is 11.5. The zero-order valence-electron chi connectivity index (χ0n) is 7.86. The first-order valence-electron chi connectivity index (χ1n) is 3.91. The van der Waals surface area contributed by atoms with Crippen molar-refractivity contribution < 1.29 is 19.4 Å². The van der Waals surface area contributed by atoms with E-state index in [1.807, 2.05) is 6.26 Å². The molecule has 0 aliphatic heterocycles. The van der Waals surface area contributed by atoms with Crippen molar-refractivity contribution in [2.75, 3.05) is 12.0 Å². The van der Waals surface area contributed by atoms with Gasteiger partial charge in [-0.2, -0.15) is 11.8 Å². The van der Waals surface area contributed by atoms with E-state index in [4.69, 9.17) is 5.11 Å². The van der Waals surface area contributed by atoms with Crippen LogP contribution in [0.4, 0.5) is 4.79 Å². The van der Waals surface area contributed by atoms with Crippen LogP contribution in [-0.4, -0.2) is 35.2 Å². The number of carboxylic acids is 1. The molecule has 0 heterocycles. The molecule has 0 bridgehead atoms. The summed E-state index contributed by atoms with van der Waals surface area (Å²) in [5.41, 5.74) is 0. The third kappa shape index (κ3) is 5.47. The van der Waals surface area contributed by atoms with Gasteiger partial charge in [-0.05, 0) is 18.4 Å². The molecule has 14 heavy (non-hydrogen) atoms. The molecule has 0 aliphatic carbocycles. The van der Waals surface area contributed by atoms with Gasteiger partial charge in [-0.15, -0.1) is 0 Å². The van der Waals surface area contributed by atoms with Crippen LogP contribution in [0.25, 0.3) is 0 Å². The first-order chi connectivity index (χ1) is 6.61. The van der Waals surface area contributed by atoms with Crippen molar-refractivity contribution in [3.8, 4) is 0 Å². The molecule has 2 N–H and O–H groups in total. The highest BCUT2D eigenvalue weighted by atomic mass is 32.2. The number of aliphatic carboxylic acids is 1. The summed E-state index contributed by atoms with van der Waals surface area (Å²) in [6.45, 7) is 3.18. The maximum Gasteiger partial charge on any atom is 0.412 e. The van der Waals surface area contributed by atoms with Gasteiger partial charge in [0.05, 0.1) is 6.26 Å². The smallest absolute Gasteiger partial charge is 0.412 e. The number of rotatable bonds is 6. The molecule has 0 radical (unpaired) electrons. The summed E-state index contributed by atoms with van der Waals surface area (Å²) in [5.74, 6) is -0.411. The van der Waals surface area contributed by atoms with Gasteiger partial charge in [-0.1, -0.05) is 6.58 Å². The molecule has 0 saturated carbocycles. The first kappa shape index (κ1) is 12.8. The molecular formula is C8H13NO4S. The molecule has 0 saturated heterocycles. The van der Waals surface area contributed by atoms with E-state index in [2.05, 4.69) is 16.6 Å². The van der Waals surface area contributed by atoms with Crippen LogP contribution in [-0.2, 0) is 9.53 Å². The highest BCUT2D eigenvalue weighted by Gasteiger charge is 2.19. The number of carbonyl (C=O) groups is 2. The zero-order chi connectivity index (χ0) is 11.0. The van der Waals surface area contributed by atoms with Crippen molar-refractivity contribution in [3.05, 3.63) is 12.8 Å². The predicted molar refractivity (Wildman–Crippen MR) is 54.2 cm³/mol. The lowest BCUT2D eigenvalue weighted by atomic mass is 10.2. The fraction of sp³-hybridized carbons (Fsp3) is 0.500. The molecule has 80 valence electrons. The van der Waals surface area contributed by atoms with Gasteiger partial charge in [-0.3, -0.25) is 0 Å². The lowest BCUT2D eigenvalue weighted by molar-refractivity contribution is -0.139. The number of hydrogen-bond acceptors (Lipinski definition) is 4. The Kier molecular flexibility index (Phi) is 6.65. The van der Waals surface area contributed by atoms with E-state index >= 15 is 0 Å². The minimum Gasteiger partial charge on any atom is -0.480 e. The highest BCUT2D eigenvalue weighted by molar-refractivity contribution is 7.98. The van der Waals surface area contributed by atoms with Crippen LogP contribution in [0.2, 0.25) is 0 Å². The monoisotopic (exact) mass is 219 g/mol. The Labute approximate surface area is 86.5 Å². The summed E-state index contributed by atoms with van der Waals surface area (Å²) in [5, 5.41) is 10.9. The van der Waals surface area contributed by atoms with Crippen LogP contribution in [0.15, 0.2) is 12.8 Å². The molecule has 0 aromatic carbocycles. The Bertz CT molecular complexity index is 219. The highest BCUT2D eigenvalue weighted by Crippen LogP contribution is 2.01. The van der Waals surface area contributed by atoms with Crippen LogP contribution in [0.5, 0.6) is 0 Å². The summed E-state index contributed by atoms with van der Waals surface area (Å²) >= 11 is 1.51. The van der Waals surface area contributed by atoms with E-state index in [0.29, 0.717) is 12.2 Å². The van der Waals surface area contributed by atoms with Crippen molar-refractivity contribution in [2.45, 2.75) is 12.5 Å². The summed E-state index contributed by atoms with van der Waals surface area (Å²) in [6.07, 6.45) is 2.38. The Balaban J connectivity index is 4.01. The van der Waals surface area contributed by atoms with Crippen molar-refractivity contribution in [2.24, 2.45) is 0 Å². The Morgan fingerprint density at radius 3 is 2.79 bits per heavy atom. The lowest BCUT2D eigenvalue weighted by Gasteiger charge is -2.12. The topological polar surface area (TPSA) is 75.6 Å². The van der Waals surface area contributed by atoms with Gasteiger partial charge < -0.3 is 15.2 Å². The average molecular weight is 219 g/mol. The Morgan fingerprint density at radius 2 is 2.36 bits per heavy atom. The molecule has 0 aromatic rings. The number of amides is 1. The van der Waals surface area contributed by atoms with E-state index in [9.17, 15) is 9.59 Å². The fourth-order valence-corrected chi connectivity index (χ4v) is 1.22. The van der Waals surface area contributed by atoms with E-state index in [1.54, 1.807) is 0 Å². The van der Waals surface area contributed by atoms with E-state index in [1.165, 1.54) is 11.8 Å². The van der Waals surface area contributed by atoms with Crippen molar-refractivity contribution in [1.82, 2.24) is 5.32 Å². The minimum absolute atomic E-state index is 0.364. The maximum absolute atomic E-state index is 10.8. The first-order valence-corrected chi connectivity index (χ1v) is 5.31. The number of nitrogens with one attached hydrogen (secondary N) is 1. The van der Waals surface area contributed by atoms with Gasteiger partial charge in [0.2, 0.25) is 0 Å². The van der Waals surface area contributed by atoms with Gasteiger partial charge in [0, 0.05) is 0 Å². The third-order valence-corrected chi connectivity index (χ3v) is 2.04. The quantitative estimate of drug-likeness (QED) is 0.653. The summed E-state index contributed by atoms with van der Waals surface area (Å²) in [7, 11) is 0. The summed E-state index contributed by atoms with van der Waals surface area (Å²) < 4.78 is 4.35. The molecule has 0 fully saturated rings. The van der Waals surface area contributed by atoms with E-state index in [0.717, 1.165) is 6.26 Å². The zero-order valence-corrected chi connectivity index (χ0v) is 8.67. The van der Waals surface area contributed by atoms with Crippen molar-refractivity contribution in [1.29, 1.82) is 0 Å². The predicted octanol–water partition coefficient (Wildman–Crippen LogP) is 1.06. The standard InChI is InChI=1S/C8H13NO4S/c1-3-13-8(12)9-6(7(10)11)4-5-14-2/h3,6H,1,4-5H2,2H3,(H,9,12)(H,10,11). The van der Waals surface area contributed by atoms with Crippen LogP contribution in [0, 0.1) is 0 Å². The number of ether oxygens (including phenoxy) is 1. The molecule has 6 heteroatoms. The second-order valence-electron chi connectivity index (χ2n) is 2.39. The Hall–Kier alpha value is -1.17. The van der Waals surface area contributed by atoms with Crippen LogP contribution >= 0.6 is 11.8 Å². The third-order valence-electron chi connectivity index (χ3n) is 1.39. The molecule has 5 nitrogen and oxygen atoms in total.